The molecule has 4 heteroatoms. The lowest BCUT2D eigenvalue weighted by Crippen LogP contribution is -2.48. The Morgan fingerprint density at radius 3 is 2.12 bits per heavy atom. The van der Waals surface area contributed by atoms with E-state index in [-0.39, 0.29) is 6.54 Å². The van der Waals surface area contributed by atoms with Crippen LogP contribution in [-0.2, 0) is 15.1 Å². The van der Waals surface area contributed by atoms with Gasteiger partial charge in [-0.1, -0.05) is 30.3 Å². The van der Waals surface area contributed by atoms with Crippen molar-refractivity contribution in [3.8, 4) is 0 Å². The summed E-state index contributed by atoms with van der Waals surface area (Å²) < 4.78 is 10.9. The summed E-state index contributed by atoms with van der Waals surface area (Å²) >= 11 is 0. The zero-order chi connectivity index (χ0) is 12.7. The van der Waals surface area contributed by atoms with Crippen molar-refractivity contribution in [2.24, 2.45) is 5.73 Å². The third-order valence-corrected chi connectivity index (χ3v) is 2.61. The molecule has 0 aromatic heterocycles. The molecule has 0 radical (unpaired) electrons. The van der Waals surface area contributed by atoms with Crippen LogP contribution in [-0.4, -0.2) is 31.2 Å². The van der Waals surface area contributed by atoms with Crippen molar-refractivity contribution >= 4 is 0 Å². The maximum absolute atomic E-state index is 10.6. The van der Waals surface area contributed by atoms with Gasteiger partial charge in [0.15, 0.2) is 11.9 Å². The van der Waals surface area contributed by atoms with E-state index in [2.05, 4.69) is 0 Å². The third kappa shape index (κ3) is 3.26. The fourth-order valence-corrected chi connectivity index (χ4v) is 1.70. The molecule has 1 aromatic carbocycles. The fourth-order valence-electron chi connectivity index (χ4n) is 1.70. The summed E-state index contributed by atoms with van der Waals surface area (Å²) in [5.74, 6) is 0. The molecule has 1 unspecified atom stereocenters. The highest BCUT2D eigenvalue weighted by molar-refractivity contribution is 5.23. The number of nitrogens with two attached hydrogens (primary N) is 1. The van der Waals surface area contributed by atoms with Crippen LogP contribution in [0.25, 0.3) is 0 Å². The van der Waals surface area contributed by atoms with E-state index < -0.39 is 11.9 Å². The maximum atomic E-state index is 10.6. The smallest absolute Gasteiger partial charge is 0.191 e. The predicted molar refractivity (Wildman–Crippen MR) is 66.4 cm³/mol. The summed E-state index contributed by atoms with van der Waals surface area (Å²) in [5.41, 5.74) is 5.08. The first-order chi connectivity index (χ1) is 8.19. The lowest BCUT2D eigenvalue weighted by molar-refractivity contribution is -0.236. The number of benzene rings is 1. The van der Waals surface area contributed by atoms with E-state index in [0.717, 1.165) is 0 Å². The van der Waals surface area contributed by atoms with Gasteiger partial charge in [0.2, 0.25) is 0 Å². The summed E-state index contributed by atoms with van der Waals surface area (Å²) in [6.07, 6.45) is -0.745. The van der Waals surface area contributed by atoms with Gasteiger partial charge in [0.1, 0.15) is 0 Å². The largest absolute Gasteiger partial charge is 0.378 e. The van der Waals surface area contributed by atoms with Crippen molar-refractivity contribution in [3.05, 3.63) is 35.9 Å². The van der Waals surface area contributed by atoms with Crippen molar-refractivity contribution in [3.63, 3.8) is 0 Å². The minimum absolute atomic E-state index is 0.0433. The summed E-state index contributed by atoms with van der Waals surface area (Å²) in [7, 11) is 0. The summed E-state index contributed by atoms with van der Waals surface area (Å²) in [6, 6.07) is 9.22. The van der Waals surface area contributed by atoms with E-state index in [0.29, 0.717) is 18.8 Å². The van der Waals surface area contributed by atoms with Gasteiger partial charge in [0.05, 0.1) is 0 Å². The first-order valence-corrected chi connectivity index (χ1v) is 5.90. The van der Waals surface area contributed by atoms with Crippen molar-refractivity contribution in [1.29, 1.82) is 0 Å². The van der Waals surface area contributed by atoms with Gasteiger partial charge >= 0.3 is 0 Å². The second-order valence-corrected chi connectivity index (χ2v) is 3.74. The van der Waals surface area contributed by atoms with Crippen LogP contribution in [0.1, 0.15) is 19.4 Å². The molecule has 0 heterocycles. The first kappa shape index (κ1) is 14.1. The number of hydrogen-bond acceptors (Lipinski definition) is 4. The van der Waals surface area contributed by atoms with Crippen LogP contribution in [0.3, 0.4) is 0 Å². The molecule has 0 spiro atoms. The van der Waals surface area contributed by atoms with Crippen LogP contribution in [0.15, 0.2) is 30.3 Å². The van der Waals surface area contributed by atoms with Gasteiger partial charge in [-0.3, -0.25) is 0 Å². The number of rotatable bonds is 7. The molecule has 1 atom stereocenters. The minimum Gasteiger partial charge on any atom is -0.378 e. The van der Waals surface area contributed by atoms with Gasteiger partial charge in [-0.25, -0.2) is 0 Å². The Balaban J connectivity index is 2.99. The minimum atomic E-state index is -1.31. The molecule has 0 amide bonds. The Bertz CT molecular complexity index is 312. The quantitative estimate of drug-likeness (QED) is 0.702. The van der Waals surface area contributed by atoms with Crippen LogP contribution in [0, 0.1) is 0 Å². The van der Waals surface area contributed by atoms with Crippen molar-refractivity contribution in [2.75, 3.05) is 19.8 Å². The lowest BCUT2D eigenvalue weighted by atomic mass is 9.93. The van der Waals surface area contributed by atoms with Crippen molar-refractivity contribution in [1.82, 2.24) is 0 Å². The second-order valence-electron chi connectivity index (χ2n) is 3.74. The zero-order valence-corrected chi connectivity index (χ0v) is 10.4. The number of hydrogen-bond donors (Lipinski definition) is 2. The van der Waals surface area contributed by atoms with E-state index in [1.807, 2.05) is 44.2 Å². The lowest BCUT2D eigenvalue weighted by Gasteiger charge is -2.34. The Morgan fingerprint density at radius 2 is 1.71 bits per heavy atom. The molecule has 3 N–H and O–H groups in total. The van der Waals surface area contributed by atoms with E-state index in [1.165, 1.54) is 0 Å². The standard InChI is InChI=1S/C13H21NO3/c1-3-16-12(17-4-2)13(15,10-14)11-8-6-5-7-9-11/h5-9,12,15H,3-4,10,14H2,1-2H3. The van der Waals surface area contributed by atoms with Crippen LogP contribution in [0.4, 0.5) is 0 Å². The fraction of sp³-hybridized carbons (Fsp3) is 0.538. The molecular formula is C13H21NO3. The Kier molecular flexibility index (Phi) is 5.58. The third-order valence-electron chi connectivity index (χ3n) is 2.61. The average Bonchev–Trinajstić information content (AvgIpc) is 2.38. The molecule has 0 fully saturated rings. The highest BCUT2D eigenvalue weighted by Gasteiger charge is 2.38. The summed E-state index contributed by atoms with van der Waals surface area (Å²) in [6.45, 7) is 4.67. The Morgan fingerprint density at radius 1 is 1.18 bits per heavy atom. The SMILES string of the molecule is CCOC(OCC)C(O)(CN)c1ccccc1. The predicted octanol–water partition coefficient (Wildman–Crippen LogP) is 1.23. The van der Waals surface area contributed by atoms with E-state index in [4.69, 9.17) is 15.2 Å². The van der Waals surface area contributed by atoms with Crippen LogP contribution in [0.2, 0.25) is 0 Å². The molecule has 0 aliphatic heterocycles. The van der Waals surface area contributed by atoms with E-state index >= 15 is 0 Å². The molecule has 0 aliphatic rings. The van der Waals surface area contributed by atoms with Gasteiger partial charge in [0, 0.05) is 19.8 Å². The van der Waals surface area contributed by atoms with Crippen LogP contribution in [0.5, 0.6) is 0 Å². The highest BCUT2D eigenvalue weighted by Crippen LogP contribution is 2.27. The topological polar surface area (TPSA) is 64.7 Å². The number of aliphatic hydroxyl groups is 1. The maximum Gasteiger partial charge on any atom is 0.191 e. The van der Waals surface area contributed by atoms with Gasteiger partial charge in [-0.05, 0) is 19.4 Å². The van der Waals surface area contributed by atoms with Crippen LogP contribution >= 0.6 is 0 Å². The summed E-state index contributed by atoms with van der Waals surface area (Å²) in [4.78, 5) is 0. The average molecular weight is 239 g/mol. The summed E-state index contributed by atoms with van der Waals surface area (Å²) in [5, 5.41) is 10.6. The first-order valence-electron chi connectivity index (χ1n) is 5.90. The van der Waals surface area contributed by atoms with Gasteiger partial charge < -0.3 is 20.3 Å². The Hall–Kier alpha value is -0.940. The second kappa shape index (κ2) is 6.71. The van der Waals surface area contributed by atoms with Gasteiger partial charge in [-0.15, -0.1) is 0 Å². The molecule has 96 valence electrons. The van der Waals surface area contributed by atoms with E-state index in [1.54, 1.807) is 0 Å². The monoisotopic (exact) mass is 239 g/mol. The Labute approximate surface area is 102 Å². The highest BCUT2D eigenvalue weighted by atomic mass is 16.7. The normalized spacial score (nSPS) is 14.9. The molecule has 17 heavy (non-hydrogen) atoms. The zero-order valence-electron chi connectivity index (χ0n) is 10.4. The van der Waals surface area contributed by atoms with Crippen molar-refractivity contribution < 1.29 is 14.6 Å². The van der Waals surface area contributed by atoms with Crippen molar-refractivity contribution in [2.45, 2.75) is 25.7 Å². The molecule has 0 bridgehead atoms. The molecule has 1 aromatic rings. The molecule has 1 rings (SSSR count). The molecule has 4 nitrogen and oxygen atoms in total. The van der Waals surface area contributed by atoms with Gasteiger partial charge in [0.25, 0.3) is 0 Å². The van der Waals surface area contributed by atoms with E-state index in [9.17, 15) is 5.11 Å². The number of ether oxygens (including phenoxy) is 2. The van der Waals surface area contributed by atoms with Crippen LogP contribution < -0.4 is 5.73 Å². The molecule has 0 saturated carbocycles. The van der Waals surface area contributed by atoms with Gasteiger partial charge in [-0.2, -0.15) is 0 Å². The molecular weight excluding hydrogens is 218 g/mol. The molecule has 0 saturated heterocycles. The molecule has 0 aliphatic carbocycles.